The lowest BCUT2D eigenvalue weighted by Crippen LogP contribution is -2.44. The molecule has 4 heteroatoms. The molecule has 0 amide bonds. The Morgan fingerprint density at radius 1 is 1.50 bits per heavy atom. The van der Waals surface area contributed by atoms with Gasteiger partial charge < -0.3 is 20.5 Å². The lowest BCUT2D eigenvalue weighted by atomic mass is 9.85. The van der Waals surface area contributed by atoms with Gasteiger partial charge in [0.1, 0.15) is 0 Å². The van der Waals surface area contributed by atoms with E-state index < -0.39 is 0 Å². The Hall–Kier alpha value is -0.160. The van der Waals surface area contributed by atoms with Crippen LogP contribution in [0.5, 0.6) is 0 Å². The van der Waals surface area contributed by atoms with Gasteiger partial charge in [-0.25, -0.2) is 0 Å². The first-order valence-corrected chi connectivity index (χ1v) is 6.10. The zero-order chi connectivity index (χ0) is 12.0. The van der Waals surface area contributed by atoms with E-state index in [1.807, 2.05) is 0 Å². The van der Waals surface area contributed by atoms with Crippen molar-refractivity contribution >= 4 is 0 Å². The van der Waals surface area contributed by atoms with Gasteiger partial charge in [0.05, 0.1) is 12.7 Å². The Labute approximate surface area is 98.9 Å². The van der Waals surface area contributed by atoms with Gasteiger partial charge in [0, 0.05) is 33.4 Å². The summed E-state index contributed by atoms with van der Waals surface area (Å²) in [6.45, 7) is 4.70. The predicted molar refractivity (Wildman–Crippen MR) is 65.5 cm³/mol. The van der Waals surface area contributed by atoms with Gasteiger partial charge in [0.2, 0.25) is 0 Å². The van der Waals surface area contributed by atoms with Gasteiger partial charge in [0.15, 0.2) is 0 Å². The number of ether oxygens (including phenoxy) is 2. The number of methoxy groups -OCH3 is 2. The predicted octanol–water partition coefficient (Wildman–Crippen LogP) is 0.755. The van der Waals surface area contributed by atoms with E-state index in [1.54, 1.807) is 14.2 Å². The molecule has 0 heterocycles. The molecule has 0 bridgehead atoms. The lowest BCUT2D eigenvalue weighted by molar-refractivity contribution is 0.0273. The first-order valence-electron chi connectivity index (χ1n) is 6.10. The molecule has 3 atom stereocenters. The molecular weight excluding hydrogens is 204 g/mol. The Morgan fingerprint density at radius 2 is 2.25 bits per heavy atom. The molecule has 1 fully saturated rings. The summed E-state index contributed by atoms with van der Waals surface area (Å²) in [5, 5.41) is 3.45. The maximum atomic E-state index is 6.13. The van der Waals surface area contributed by atoms with Crippen LogP contribution in [0.25, 0.3) is 0 Å². The number of rotatable bonds is 7. The van der Waals surface area contributed by atoms with Crippen molar-refractivity contribution in [2.45, 2.75) is 38.3 Å². The zero-order valence-electron chi connectivity index (χ0n) is 10.8. The molecule has 1 rings (SSSR count). The summed E-state index contributed by atoms with van der Waals surface area (Å²) >= 11 is 0. The van der Waals surface area contributed by atoms with Crippen molar-refractivity contribution < 1.29 is 9.47 Å². The number of hydrogen-bond acceptors (Lipinski definition) is 4. The maximum absolute atomic E-state index is 6.13. The average molecular weight is 230 g/mol. The highest BCUT2D eigenvalue weighted by atomic mass is 16.5. The molecule has 0 aliphatic heterocycles. The van der Waals surface area contributed by atoms with Crippen molar-refractivity contribution in [2.75, 3.05) is 33.9 Å². The van der Waals surface area contributed by atoms with Crippen LogP contribution in [0.1, 0.15) is 26.2 Å². The van der Waals surface area contributed by atoms with Gasteiger partial charge in [-0.2, -0.15) is 0 Å². The third kappa shape index (κ3) is 3.70. The molecule has 0 radical (unpaired) electrons. The number of hydrogen-bond donors (Lipinski definition) is 2. The second-order valence-corrected chi connectivity index (χ2v) is 5.10. The second kappa shape index (κ2) is 6.55. The minimum Gasteiger partial charge on any atom is -0.382 e. The summed E-state index contributed by atoms with van der Waals surface area (Å²) in [5.74, 6) is 0. The van der Waals surface area contributed by atoms with Gasteiger partial charge in [-0.05, 0) is 18.3 Å². The van der Waals surface area contributed by atoms with Gasteiger partial charge in [-0.15, -0.1) is 0 Å². The van der Waals surface area contributed by atoms with Crippen LogP contribution in [-0.2, 0) is 9.47 Å². The van der Waals surface area contributed by atoms with E-state index in [0.717, 1.165) is 19.5 Å². The Balaban J connectivity index is 2.23. The van der Waals surface area contributed by atoms with E-state index in [1.165, 1.54) is 12.8 Å². The third-order valence-electron chi connectivity index (χ3n) is 3.74. The third-order valence-corrected chi connectivity index (χ3v) is 3.74. The zero-order valence-corrected chi connectivity index (χ0v) is 10.8. The quantitative estimate of drug-likeness (QED) is 0.678. The van der Waals surface area contributed by atoms with Crippen LogP contribution in [0.15, 0.2) is 0 Å². The normalized spacial score (nSPS) is 31.9. The van der Waals surface area contributed by atoms with Crippen molar-refractivity contribution in [3.63, 3.8) is 0 Å². The van der Waals surface area contributed by atoms with Crippen LogP contribution in [0.4, 0.5) is 0 Å². The Kier molecular flexibility index (Phi) is 5.69. The molecule has 3 unspecified atom stereocenters. The van der Waals surface area contributed by atoms with Gasteiger partial charge in [-0.3, -0.25) is 0 Å². The molecule has 1 saturated carbocycles. The first-order chi connectivity index (χ1) is 7.62. The van der Waals surface area contributed by atoms with Crippen LogP contribution < -0.4 is 11.1 Å². The monoisotopic (exact) mass is 230 g/mol. The summed E-state index contributed by atoms with van der Waals surface area (Å²) in [6.07, 6.45) is 3.77. The number of nitrogens with two attached hydrogens (primary N) is 1. The molecule has 16 heavy (non-hydrogen) atoms. The molecule has 4 nitrogen and oxygen atoms in total. The van der Waals surface area contributed by atoms with E-state index in [-0.39, 0.29) is 11.5 Å². The fourth-order valence-electron chi connectivity index (χ4n) is 2.39. The Bertz CT molecular complexity index is 201. The fourth-order valence-corrected chi connectivity index (χ4v) is 2.39. The fraction of sp³-hybridized carbons (Fsp3) is 1.00. The van der Waals surface area contributed by atoms with E-state index in [4.69, 9.17) is 15.2 Å². The topological polar surface area (TPSA) is 56.5 Å². The highest BCUT2D eigenvalue weighted by molar-refractivity contribution is 4.92. The van der Waals surface area contributed by atoms with Crippen LogP contribution in [0, 0.1) is 5.41 Å². The van der Waals surface area contributed by atoms with E-state index >= 15 is 0 Å². The molecule has 1 aliphatic rings. The molecule has 3 N–H and O–H groups in total. The molecule has 0 spiro atoms. The van der Waals surface area contributed by atoms with E-state index in [9.17, 15) is 0 Å². The molecule has 1 aliphatic carbocycles. The molecular formula is C12H26N2O2. The van der Waals surface area contributed by atoms with Crippen molar-refractivity contribution in [3.8, 4) is 0 Å². The highest BCUT2D eigenvalue weighted by Gasteiger charge is 2.35. The average Bonchev–Trinajstić information content (AvgIpc) is 2.58. The van der Waals surface area contributed by atoms with Gasteiger partial charge in [0.25, 0.3) is 0 Å². The van der Waals surface area contributed by atoms with E-state index in [0.29, 0.717) is 12.6 Å². The molecule has 0 aromatic heterocycles. The van der Waals surface area contributed by atoms with Crippen LogP contribution in [0.3, 0.4) is 0 Å². The van der Waals surface area contributed by atoms with Crippen LogP contribution in [-0.4, -0.2) is 46.1 Å². The summed E-state index contributed by atoms with van der Waals surface area (Å²) < 4.78 is 10.4. The van der Waals surface area contributed by atoms with Crippen LogP contribution in [0.2, 0.25) is 0 Å². The summed E-state index contributed by atoms with van der Waals surface area (Å²) in [6, 6.07) is 0.337. The molecule has 96 valence electrons. The summed E-state index contributed by atoms with van der Waals surface area (Å²) in [5.41, 5.74) is 6.38. The van der Waals surface area contributed by atoms with Crippen LogP contribution >= 0.6 is 0 Å². The van der Waals surface area contributed by atoms with Crippen molar-refractivity contribution in [1.82, 2.24) is 5.32 Å². The van der Waals surface area contributed by atoms with Crippen molar-refractivity contribution in [1.29, 1.82) is 0 Å². The Morgan fingerprint density at radius 3 is 2.75 bits per heavy atom. The SMILES string of the molecule is COCC(CNCC1(C)CCCC1N)OC. The van der Waals surface area contributed by atoms with Gasteiger partial charge >= 0.3 is 0 Å². The largest absolute Gasteiger partial charge is 0.382 e. The van der Waals surface area contributed by atoms with Crippen molar-refractivity contribution in [3.05, 3.63) is 0 Å². The van der Waals surface area contributed by atoms with Crippen molar-refractivity contribution in [2.24, 2.45) is 11.1 Å². The smallest absolute Gasteiger partial charge is 0.0928 e. The highest BCUT2D eigenvalue weighted by Crippen LogP contribution is 2.35. The lowest BCUT2D eigenvalue weighted by Gasteiger charge is -2.30. The summed E-state index contributed by atoms with van der Waals surface area (Å²) in [4.78, 5) is 0. The molecule has 0 aromatic carbocycles. The van der Waals surface area contributed by atoms with Gasteiger partial charge in [-0.1, -0.05) is 13.3 Å². The molecule has 0 saturated heterocycles. The minimum atomic E-state index is 0.131. The second-order valence-electron chi connectivity index (χ2n) is 5.10. The molecule has 0 aromatic rings. The standard InChI is InChI=1S/C12H26N2O2/c1-12(6-4-5-11(12)13)9-14-7-10(16-3)8-15-2/h10-11,14H,4-9,13H2,1-3H3. The minimum absolute atomic E-state index is 0.131. The summed E-state index contributed by atoms with van der Waals surface area (Å²) in [7, 11) is 3.41. The maximum Gasteiger partial charge on any atom is 0.0928 e. The first kappa shape index (κ1) is 13.9. The van der Waals surface area contributed by atoms with E-state index in [2.05, 4.69) is 12.2 Å². The number of nitrogens with one attached hydrogen (secondary N) is 1.